The summed E-state index contributed by atoms with van der Waals surface area (Å²) >= 11 is 11.8. The summed E-state index contributed by atoms with van der Waals surface area (Å²) in [5.74, 6) is 0.172. The summed E-state index contributed by atoms with van der Waals surface area (Å²) in [6.07, 6.45) is 0. The van der Waals surface area contributed by atoms with Gasteiger partial charge in [0.1, 0.15) is 0 Å². The zero-order valence-electron chi connectivity index (χ0n) is 10.5. The summed E-state index contributed by atoms with van der Waals surface area (Å²) in [6, 6.07) is 3.60. The van der Waals surface area contributed by atoms with E-state index in [1.165, 1.54) is 13.2 Å². The molecule has 10 heteroatoms. The predicted octanol–water partition coefficient (Wildman–Crippen LogP) is 3.07. The molecule has 0 amide bonds. The second-order valence-corrected chi connectivity index (χ2v) is 4.52. The first kappa shape index (κ1) is 15.1. The Hall–Kier alpha value is -2.32. The molecule has 110 valence electrons. The van der Waals surface area contributed by atoms with E-state index in [1.54, 1.807) is 0 Å². The summed E-state index contributed by atoms with van der Waals surface area (Å²) in [4.78, 5) is 17.7. The smallest absolute Gasteiger partial charge is 0.272 e. The molecule has 1 heterocycles. The maximum absolute atomic E-state index is 10.7. The Balaban J connectivity index is 2.40. The van der Waals surface area contributed by atoms with Crippen LogP contribution in [-0.2, 0) is 0 Å². The van der Waals surface area contributed by atoms with Crippen molar-refractivity contribution in [2.24, 2.45) is 0 Å². The molecule has 1 aromatic heterocycles. The molecule has 21 heavy (non-hydrogen) atoms. The van der Waals surface area contributed by atoms with Gasteiger partial charge in [-0.05, 0) is 0 Å². The van der Waals surface area contributed by atoms with Gasteiger partial charge >= 0.3 is 0 Å². The molecule has 1 aromatic carbocycles. The number of methoxy groups -OCH3 is 1. The van der Waals surface area contributed by atoms with Crippen LogP contribution in [0.25, 0.3) is 0 Å². The fourth-order valence-corrected chi connectivity index (χ4v) is 1.98. The number of benzene rings is 1. The number of rotatable bonds is 4. The van der Waals surface area contributed by atoms with E-state index in [4.69, 9.17) is 38.4 Å². The van der Waals surface area contributed by atoms with Crippen molar-refractivity contribution < 1.29 is 14.4 Å². The predicted molar refractivity (Wildman–Crippen MR) is 76.2 cm³/mol. The quantitative estimate of drug-likeness (QED) is 0.676. The van der Waals surface area contributed by atoms with Gasteiger partial charge in [0.05, 0.1) is 28.1 Å². The van der Waals surface area contributed by atoms with Gasteiger partial charge in [0.15, 0.2) is 5.75 Å². The lowest BCUT2D eigenvalue weighted by molar-refractivity contribution is -0.384. The minimum atomic E-state index is -0.618. The van der Waals surface area contributed by atoms with E-state index in [0.29, 0.717) is 0 Å². The van der Waals surface area contributed by atoms with E-state index in [2.05, 4.69) is 9.97 Å². The topological polar surface area (TPSA) is 113 Å². The first-order valence-corrected chi connectivity index (χ1v) is 6.16. The van der Waals surface area contributed by atoms with Crippen LogP contribution in [0, 0.1) is 10.1 Å². The fourth-order valence-electron chi connectivity index (χ4n) is 1.43. The lowest BCUT2D eigenvalue weighted by atomic mass is 10.3. The molecule has 0 saturated carbocycles. The van der Waals surface area contributed by atoms with Crippen LogP contribution in [0.2, 0.25) is 10.0 Å². The Kier molecular flexibility index (Phi) is 4.29. The molecule has 2 rings (SSSR count). The van der Waals surface area contributed by atoms with Crippen LogP contribution in [0.4, 0.5) is 11.6 Å². The molecule has 0 saturated heterocycles. The van der Waals surface area contributed by atoms with Gasteiger partial charge in [0, 0.05) is 12.1 Å². The molecule has 8 nitrogen and oxygen atoms in total. The number of non-ortho nitro benzene ring substituents is 1. The number of nitrogens with two attached hydrogens (primary N) is 1. The number of hydrogen-bond acceptors (Lipinski definition) is 7. The molecular formula is C11H8Cl2N4O4. The molecule has 0 unspecified atom stereocenters. The highest BCUT2D eigenvalue weighted by molar-refractivity contribution is 6.37. The van der Waals surface area contributed by atoms with E-state index in [0.717, 1.165) is 12.1 Å². The molecule has 0 radical (unpaired) electrons. The first-order valence-electron chi connectivity index (χ1n) is 5.40. The van der Waals surface area contributed by atoms with E-state index < -0.39 is 4.92 Å². The molecule has 0 aliphatic heterocycles. The second kappa shape index (κ2) is 5.98. The van der Waals surface area contributed by atoms with Gasteiger partial charge in [-0.3, -0.25) is 10.1 Å². The third-order valence-electron chi connectivity index (χ3n) is 2.31. The van der Waals surface area contributed by atoms with Crippen molar-refractivity contribution in [3.05, 3.63) is 38.4 Å². The van der Waals surface area contributed by atoms with Crippen molar-refractivity contribution in [1.29, 1.82) is 0 Å². The Labute approximate surface area is 128 Å². The van der Waals surface area contributed by atoms with Crippen LogP contribution in [0.1, 0.15) is 0 Å². The van der Waals surface area contributed by atoms with Crippen LogP contribution in [0.15, 0.2) is 18.2 Å². The highest BCUT2D eigenvalue weighted by Crippen LogP contribution is 2.39. The van der Waals surface area contributed by atoms with Gasteiger partial charge in [0.2, 0.25) is 17.7 Å². The lowest BCUT2D eigenvalue weighted by Gasteiger charge is -2.09. The van der Waals surface area contributed by atoms with Crippen LogP contribution in [0.3, 0.4) is 0 Å². The Morgan fingerprint density at radius 2 is 1.76 bits per heavy atom. The number of halogens is 2. The van der Waals surface area contributed by atoms with Crippen LogP contribution >= 0.6 is 23.2 Å². The fraction of sp³-hybridized carbons (Fsp3) is 0.0909. The van der Waals surface area contributed by atoms with Gasteiger partial charge in [-0.15, -0.1) is 0 Å². The molecule has 0 bridgehead atoms. The highest BCUT2D eigenvalue weighted by Gasteiger charge is 2.17. The first-order chi connectivity index (χ1) is 9.90. The van der Waals surface area contributed by atoms with Gasteiger partial charge in [-0.1, -0.05) is 23.2 Å². The summed E-state index contributed by atoms with van der Waals surface area (Å²) in [5, 5.41) is 10.6. The number of aromatic nitrogens is 2. The van der Waals surface area contributed by atoms with Crippen molar-refractivity contribution in [3.63, 3.8) is 0 Å². The molecule has 0 aliphatic rings. The van der Waals surface area contributed by atoms with Crippen LogP contribution in [-0.4, -0.2) is 22.0 Å². The van der Waals surface area contributed by atoms with E-state index in [9.17, 15) is 10.1 Å². The zero-order valence-corrected chi connectivity index (χ0v) is 12.1. The number of nitrogens with zero attached hydrogens (tertiary/aromatic N) is 3. The monoisotopic (exact) mass is 330 g/mol. The summed E-state index contributed by atoms with van der Waals surface area (Å²) in [5.41, 5.74) is 5.24. The summed E-state index contributed by atoms with van der Waals surface area (Å²) in [7, 11) is 1.40. The minimum Gasteiger partial charge on any atom is -0.481 e. The maximum atomic E-state index is 10.7. The van der Waals surface area contributed by atoms with Crippen molar-refractivity contribution in [3.8, 4) is 17.5 Å². The molecular weight excluding hydrogens is 323 g/mol. The minimum absolute atomic E-state index is 0.0177. The van der Waals surface area contributed by atoms with E-state index >= 15 is 0 Å². The average Bonchev–Trinajstić information content (AvgIpc) is 2.41. The molecule has 2 N–H and O–H groups in total. The number of nitrogen functional groups attached to an aromatic ring is 1. The Morgan fingerprint density at radius 3 is 2.29 bits per heavy atom. The van der Waals surface area contributed by atoms with Gasteiger partial charge in [0.25, 0.3) is 5.69 Å². The van der Waals surface area contributed by atoms with E-state index in [1.807, 2.05) is 0 Å². The normalized spacial score (nSPS) is 10.2. The third kappa shape index (κ3) is 3.41. The van der Waals surface area contributed by atoms with Crippen LogP contribution < -0.4 is 15.2 Å². The maximum Gasteiger partial charge on any atom is 0.272 e. The number of anilines is 1. The van der Waals surface area contributed by atoms with Gasteiger partial charge < -0.3 is 15.2 Å². The molecule has 0 fully saturated rings. The van der Waals surface area contributed by atoms with Crippen molar-refractivity contribution >= 4 is 34.8 Å². The molecule has 0 atom stereocenters. The molecule has 0 aliphatic carbocycles. The summed E-state index contributed by atoms with van der Waals surface area (Å²) < 4.78 is 10.3. The average molecular weight is 331 g/mol. The van der Waals surface area contributed by atoms with Crippen molar-refractivity contribution in [2.45, 2.75) is 0 Å². The second-order valence-electron chi connectivity index (χ2n) is 3.70. The number of nitro groups is 1. The number of ether oxygens (including phenoxy) is 2. The third-order valence-corrected chi connectivity index (χ3v) is 2.87. The van der Waals surface area contributed by atoms with Crippen LogP contribution in [0.5, 0.6) is 17.5 Å². The lowest BCUT2D eigenvalue weighted by Crippen LogP contribution is -2.00. The Bertz CT molecular complexity index is 688. The number of nitro benzene ring substituents is 1. The SMILES string of the molecule is COc1cc(Oc2c(Cl)cc([N+](=O)[O-])cc2Cl)nc(N)n1. The zero-order chi connectivity index (χ0) is 15.6. The highest BCUT2D eigenvalue weighted by atomic mass is 35.5. The largest absolute Gasteiger partial charge is 0.481 e. The van der Waals surface area contributed by atoms with Gasteiger partial charge in [-0.2, -0.15) is 9.97 Å². The van der Waals surface area contributed by atoms with E-state index in [-0.39, 0.29) is 39.2 Å². The molecule has 2 aromatic rings. The number of hydrogen-bond donors (Lipinski definition) is 1. The standard InChI is InChI=1S/C11H8Cl2N4O4/c1-20-8-4-9(16-11(14)15-8)21-10-6(12)2-5(17(18)19)3-7(10)13/h2-4H,1H3,(H2,14,15,16). The van der Waals surface area contributed by atoms with Crippen molar-refractivity contribution in [1.82, 2.24) is 9.97 Å². The van der Waals surface area contributed by atoms with Gasteiger partial charge in [-0.25, -0.2) is 0 Å². The molecule has 0 spiro atoms. The van der Waals surface area contributed by atoms with Crippen molar-refractivity contribution in [2.75, 3.05) is 12.8 Å². The summed E-state index contributed by atoms with van der Waals surface area (Å²) in [6.45, 7) is 0. The Morgan fingerprint density at radius 1 is 1.19 bits per heavy atom.